The summed E-state index contributed by atoms with van der Waals surface area (Å²) in [4.78, 5) is 5.22. The van der Waals surface area contributed by atoms with Crippen LogP contribution in [-0.4, -0.2) is 106 Å². The van der Waals surface area contributed by atoms with E-state index in [-0.39, 0.29) is 18.1 Å². The molecule has 10 unspecified atom stereocenters. The Morgan fingerprint density at radius 2 is 1.74 bits per heavy atom. The van der Waals surface area contributed by atoms with Gasteiger partial charge < -0.3 is 19.7 Å². The minimum atomic E-state index is -0.751. The number of nitrogens with one attached hydrogen (secondary N) is 3. The number of rotatable bonds is 1. The predicted octanol–water partition coefficient (Wildman–Crippen LogP) is 1.79. The second-order valence-electron chi connectivity index (χ2n) is 12.4. The molecule has 0 aromatic rings. The van der Waals surface area contributed by atoms with Crippen LogP contribution in [-0.2, 0) is 9.47 Å². The lowest BCUT2D eigenvalue weighted by molar-refractivity contribution is -0.0658. The summed E-state index contributed by atoms with van der Waals surface area (Å²) in [7, 11) is 2.24. The highest BCUT2D eigenvalue weighted by molar-refractivity contribution is 5.05. The Labute approximate surface area is 211 Å². The molecule has 6 aliphatic rings. The number of fused-ring (bicyclic) bond motifs is 6. The van der Waals surface area contributed by atoms with E-state index in [1.54, 1.807) is 0 Å². The van der Waals surface area contributed by atoms with Crippen molar-refractivity contribution >= 4 is 0 Å². The number of halogens is 1. The Hall–Kier alpha value is -0.350. The van der Waals surface area contributed by atoms with Crippen molar-refractivity contribution in [2.45, 2.75) is 87.8 Å². The minimum absolute atomic E-state index is 0.0160. The van der Waals surface area contributed by atoms with Crippen LogP contribution in [0.5, 0.6) is 0 Å². The van der Waals surface area contributed by atoms with Crippen molar-refractivity contribution in [2.24, 2.45) is 23.7 Å². The van der Waals surface area contributed by atoms with Gasteiger partial charge >= 0.3 is 0 Å². The average Bonchev–Trinajstić information content (AvgIpc) is 3.29. The topological polar surface area (TPSA) is 61.0 Å². The Morgan fingerprint density at radius 1 is 0.857 bits per heavy atom. The molecule has 35 heavy (non-hydrogen) atoms. The number of alkyl halides is 1. The maximum atomic E-state index is 15.3. The molecule has 10 atom stereocenters. The molecule has 4 saturated heterocycles. The van der Waals surface area contributed by atoms with Gasteiger partial charge in [-0.3, -0.25) is 15.8 Å². The van der Waals surface area contributed by atoms with Gasteiger partial charge in [-0.15, -0.1) is 0 Å². The normalized spacial score (nSPS) is 48.5. The highest BCUT2D eigenvalue weighted by Gasteiger charge is 2.50. The number of likely N-dealkylation sites (N-methyl/N-ethyl adjacent to an activating group) is 1. The lowest BCUT2D eigenvalue weighted by Gasteiger charge is -2.48. The van der Waals surface area contributed by atoms with Crippen molar-refractivity contribution in [1.82, 2.24) is 26.0 Å². The van der Waals surface area contributed by atoms with Gasteiger partial charge in [0.05, 0.1) is 12.7 Å². The number of hydrogen-bond donors (Lipinski definition) is 3. The molecule has 3 N–H and O–H groups in total. The summed E-state index contributed by atoms with van der Waals surface area (Å²) < 4.78 is 28.0. The first kappa shape index (κ1) is 25.0. The van der Waals surface area contributed by atoms with Crippen LogP contribution in [0.2, 0.25) is 0 Å². The van der Waals surface area contributed by atoms with Crippen LogP contribution in [0.4, 0.5) is 4.39 Å². The lowest BCUT2D eigenvalue weighted by Crippen LogP contribution is -2.58. The Morgan fingerprint density at radius 3 is 2.63 bits per heavy atom. The first-order valence-electron chi connectivity index (χ1n) is 14.7. The third-order valence-corrected chi connectivity index (χ3v) is 10.4. The lowest BCUT2D eigenvalue weighted by atomic mass is 9.68. The van der Waals surface area contributed by atoms with E-state index < -0.39 is 6.17 Å². The third kappa shape index (κ3) is 5.31. The van der Waals surface area contributed by atoms with Gasteiger partial charge in [-0.2, -0.15) is 0 Å². The maximum absolute atomic E-state index is 15.3. The number of nitrogens with zero attached hydrogens (tertiary/aromatic N) is 2. The van der Waals surface area contributed by atoms with E-state index in [4.69, 9.17) is 9.47 Å². The van der Waals surface area contributed by atoms with Crippen LogP contribution in [0.25, 0.3) is 0 Å². The Kier molecular flexibility index (Phi) is 7.97. The molecule has 0 spiro atoms. The van der Waals surface area contributed by atoms with E-state index in [1.807, 2.05) is 0 Å². The van der Waals surface area contributed by atoms with Gasteiger partial charge in [0.15, 0.2) is 0 Å². The van der Waals surface area contributed by atoms with Crippen molar-refractivity contribution in [2.75, 3.05) is 59.6 Å². The molecular weight excluding hydrogens is 445 g/mol. The molecule has 0 aromatic carbocycles. The summed E-state index contributed by atoms with van der Waals surface area (Å²) in [6, 6.07) is 1.79. The van der Waals surface area contributed by atoms with E-state index in [9.17, 15) is 0 Å². The average molecular weight is 494 g/mol. The largest absolute Gasteiger partial charge is 0.381 e. The van der Waals surface area contributed by atoms with Gasteiger partial charge in [0.2, 0.25) is 0 Å². The van der Waals surface area contributed by atoms with Crippen molar-refractivity contribution in [3.05, 3.63) is 0 Å². The molecule has 0 aromatic heterocycles. The molecule has 4 heterocycles. The molecule has 0 radical (unpaired) electrons. The molecule has 6 fully saturated rings. The van der Waals surface area contributed by atoms with E-state index >= 15 is 4.39 Å². The summed E-state index contributed by atoms with van der Waals surface area (Å²) in [5.74, 6) is 1.81. The zero-order valence-corrected chi connectivity index (χ0v) is 21.7. The zero-order chi connectivity index (χ0) is 23.8. The predicted molar refractivity (Wildman–Crippen MR) is 135 cm³/mol. The Bertz CT molecular complexity index is 694. The molecule has 2 saturated carbocycles. The SMILES string of the molecule is CN1CCN(C2CCC3CC2COCCCOC2CCCC(F)C2C2CC4C(CN2)NNC34)CC1. The van der Waals surface area contributed by atoms with Crippen molar-refractivity contribution in [1.29, 1.82) is 0 Å². The monoisotopic (exact) mass is 493 g/mol. The van der Waals surface area contributed by atoms with Crippen molar-refractivity contribution < 1.29 is 13.9 Å². The fraction of sp³-hybridized carbons (Fsp3) is 1.00. The quantitative estimate of drug-likeness (QED) is 0.515. The van der Waals surface area contributed by atoms with Gasteiger partial charge in [-0.05, 0) is 76.2 Å². The molecule has 4 aliphatic heterocycles. The van der Waals surface area contributed by atoms with Crippen LogP contribution in [0, 0.1) is 23.7 Å². The second-order valence-corrected chi connectivity index (χ2v) is 12.4. The smallest absolute Gasteiger partial charge is 0.107 e. The summed E-state index contributed by atoms with van der Waals surface area (Å²) in [6.45, 7) is 7.96. The van der Waals surface area contributed by atoms with Gasteiger partial charge in [-0.25, -0.2) is 4.39 Å². The summed E-state index contributed by atoms with van der Waals surface area (Å²) in [5, 5.41) is 3.75. The summed E-state index contributed by atoms with van der Waals surface area (Å²) in [5.41, 5.74) is 7.37. The zero-order valence-electron chi connectivity index (χ0n) is 21.7. The summed E-state index contributed by atoms with van der Waals surface area (Å²) >= 11 is 0. The van der Waals surface area contributed by atoms with Gasteiger partial charge in [0.25, 0.3) is 0 Å². The highest BCUT2D eigenvalue weighted by atomic mass is 19.1. The molecule has 2 aliphatic carbocycles. The highest BCUT2D eigenvalue weighted by Crippen LogP contribution is 2.42. The van der Waals surface area contributed by atoms with Crippen molar-refractivity contribution in [3.8, 4) is 0 Å². The number of hydrazine groups is 1. The van der Waals surface area contributed by atoms with Crippen LogP contribution < -0.4 is 16.2 Å². The van der Waals surface area contributed by atoms with E-state index in [2.05, 4.69) is 33.0 Å². The van der Waals surface area contributed by atoms with Crippen LogP contribution in [0.3, 0.4) is 0 Å². The van der Waals surface area contributed by atoms with Gasteiger partial charge in [0, 0.05) is 76.0 Å². The fourth-order valence-electron chi connectivity index (χ4n) is 8.49. The number of piperazine rings is 1. The van der Waals surface area contributed by atoms with E-state index in [1.165, 1.54) is 45.4 Å². The minimum Gasteiger partial charge on any atom is -0.381 e. The van der Waals surface area contributed by atoms with Crippen LogP contribution in [0.1, 0.15) is 51.4 Å². The standard InChI is InChI=1S/C27H48FN5O2/c1-32-8-10-33(11-9-32)24-7-6-18-14-19(24)17-34-12-3-13-35-25-5-2-4-21(28)26(25)22-15-20-23(16-29-22)30-31-27(18)20/h18-27,29-31H,2-17H2,1H3. The molecule has 7 nitrogen and oxygen atoms in total. The fourth-order valence-corrected chi connectivity index (χ4v) is 8.49. The van der Waals surface area contributed by atoms with E-state index in [0.29, 0.717) is 48.9 Å². The molecule has 4 bridgehead atoms. The Balaban J connectivity index is 1.20. The molecule has 6 rings (SSSR count). The van der Waals surface area contributed by atoms with Crippen molar-refractivity contribution in [3.63, 3.8) is 0 Å². The van der Waals surface area contributed by atoms with Crippen LogP contribution in [0.15, 0.2) is 0 Å². The first-order valence-corrected chi connectivity index (χ1v) is 14.7. The third-order valence-electron chi connectivity index (χ3n) is 10.4. The summed E-state index contributed by atoms with van der Waals surface area (Å²) in [6.07, 6.45) is 7.69. The van der Waals surface area contributed by atoms with Crippen LogP contribution >= 0.6 is 0 Å². The number of hydrogen-bond acceptors (Lipinski definition) is 7. The molecule has 0 amide bonds. The maximum Gasteiger partial charge on any atom is 0.107 e. The molecule has 200 valence electrons. The molecular formula is C27H48FN5O2. The van der Waals surface area contributed by atoms with E-state index in [0.717, 1.165) is 45.4 Å². The van der Waals surface area contributed by atoms with Gasteiger partial charge in [0.1, 0.15) is 6.17 Å². The first-order chi connectivity index (χ1) is 17.2. The number of piperidine rings is 1. The molecule has 8 heteroatoms. The number of ether oxygens (including phenoxy) is 2. The van der Waals surface area contributed by atoms with Gasteiger partial charge in [-0.1, -0.05) is 0 Å². The second kappa shape index (κ2) is 11.2.